The van der Waals surface area contributed by atoms with Gasteiger partial charge in [0.2, 0.25) is 0 Å². The Bertz CT molecular complexity index is 1010. The molecule has 1 saturated carbocycles. The molecule has 5 rings (SSSR count). The monoisotopic (exact) mass is 477 g/mol. The number of nitrogens with one attached hydrogen (secondary N) is 1. The first kappa shape index (κ1) is 24.6. The van der Waals surface area contributed by atoms with Crippen LogP contribution >= 0.6 is 0 Å². The van der Waals surface area contributed by atoms with Gasteiger partial charge in [0, 0.05) is 31.4 Å². The first-order valence-electron chi connectivity index (χ1n) is 13.8. The van der Waals surface area contributed by atoms with Crippen LogP contribution in [0.1, 0.15) is 74.8 Å². The molecule has 3 heterocycles. The number of hydrogen-bond donors (Lipinski definition) is 1. The molecule has 0 spiro atoms. The summed E-state index contributed by atoms with van der Waals surface area (Å²) in [5.41, 5.74) is 5.63. The number of unbranched alkanes of at least 4 members (excludes halogenated alkanes) is 1. The van der Waals surface area contributed by atoms with Crippen LogP contribution in [0.3, 0.4) is 0 Å². The number of rotatable bonds is 9. The van der Waals surface area contributed by atoms with E-state index in [1.54, 1.807) is 0 Å². The molecule has 0 saturated heterocycles. The van der Waals surface area contributed by atoms with Gasteiger partial charge in [0.15, 0.2) is 0 Å². The summed E-state index contributed by atoms with van der Waals surface area (Å²) in [7, 11) is 2.28. The molecule has 190 valence electrons. The van der Waals surface area contributed by atoms with E-state index in [1.807, 2.05) is 0 Å². The van der Waals surface area contributed by atoms with E-state index in [4.69, 9.17) is 14.5 Å². The predicted octanol–water partition coefficient (Wildman–Crippen LogP) is 5.79. The number of aryl methyl sites for hydroxylation is 2. The third kappa shape index (κ3) is 5.83. The quantitative estimate of drug-likeness (QED) is 0.463. The van der Waals surface area contributed by atoms with Crippen molar-refractivity contribution in [3.63, 3.8) is 0 Å². The molecular weight excluding hydrogens is 434 g/mol. The zero-order chi connectivity index (χ0) is 24.3. The second kappa shape index (κ2) is 10.9. The Morgan fingerprint density at radius 3 is 2.97 bits per heavy atom. The largest absolute Gasteiger partial charge is 0.493 e. The number of ether oxygens (including phenoxy) is 2. The van der Waals surface area contributed by atoms with E-state index < -0.39 is 0 Å². The molecule has 35 heavy (non-hydrogen) atoms. The Morgan fingerprint density at radius 2 is 2.06 bits per heavy atom. The zero-order valence-electron chi connectivity index (χ0n) is 21.9. The first-order chi connectivity index (χ1) is 17.0. The Morgan fingerprint density at radius 1 is 1.14 bits per heavy atom. The fourth-order valence-corrected chi connectivity index (χ4v) is 6.17. The van der Waals surface area contributed by atoms with Gasteiger partial charge in [-0.1, -0.05) is 32.0 Å². The summed E-state index contributed by atoms with van der Waals surface area (Å²) in [6.07, 6.45) is 10.5. The Balaban J connectivity index is 1.08. The van der Waals surface area contributed by atoms with Gasteiger partial charge in [-0.2, -0.15) is 0 Å². The summed E-state index contributed by atoms with van der Waals surface area (Å²) in [4.78, 5) is 7.38. The molecule has 0 amide bonds. The number of aromatic nitrogens is 1. The Labute approximate surface area is 211 Å². The molecule has 0 bridgehead atoms. The van der Waals surface area contributed by atoms with Gasteiger partial charge >= 0.3 is 0 Å². The number of nitrogens with zero attached hydrogens (tertiary/aromatic N) is 2. The van der Waals surface area contributed by atoms with Gasteiger partial charge in [0.1, 0.15) is 11.6 Å². The molecule has 5 nitrogen and oxygen atoms in total. The Kier molecular flexibility index (Phi) is 7.64. The molecule has 2 aliphatic heterocycles. The lowest BCUT2D eigenvalue weighted by atomic mass is 9.89. The average molecular weight is 478 g/mol. The second-order valence-electron chi connectivity index (χ2n) is 11.5. The second-order valence-corrected chi connectivity index (χ2v) is 11.5. The van der Waals surface area contributed by atoms with Crippen molar-refractivity contribution < 1.29 is 9.47 Å². The van der Waals surface area contributed by atoms with E-state index in [2.05, 4.69) is 61.4 Å². The van der Waals surface area contributed by atoms with Crippen molar-refractivity contribution in [1.82, 2.24) is 9.88 Å². The molecule has 1 aromatic heterocycles. The highest BCUT2D eigenvalue weighted by molar-refractivity contribution is 5.47. The molecule has 1 aliphatic carbocycles. The highest BCUT2D eigenvalue weighted by Crippen LogP contribution is 2.42. The minimum atomic E-state index is 0.212. The number of hydrogen-bond acceptors (Lipinski definition) is 5. The zero-order valence-corrected chi connectivity index (χ0v) is 21.9. The van der Waals surface area contributed by atoms with E-state index in [0.717, 1.165) is 82.8 Å². The normalized spacial score (nSPS) is 22.9. The topological polar surface area (TPSA) is 46.6 Å². The average Bonchev–Trinajstić information content (AvgIpc) is 3.18. The third-order valence-corrected chi connectivity index (χ3v) is 8.32. The van der Waals surface area contributed by atoms with Crippen LogP contribution in [0.4, 0.5) is 5.82 Å². The smallest absolute Gasteiger partial charge is 0.129 e. The lowest BCUT2D eigenvalue weighted by Gasteiger charge is -2.28. The molecule has 2 atom stereocenters. The summed E-state index contributed by atoms with van der Waals surface area (Å²) < 4.78 is 12.4. The third-order valence-electron chi connectivity index (χ3n) is 8.32. The van der Waals surface area contributed by atoms with Crippen LogP contribution in [0, 0.1) is 5.41 Å². The molecule has 0 unspecified atom stereocenters. The van der Waals surface area contributed by atoms with Crippen molar-refractivity contribution in [2.24, 2.45) is 5.41 Å². The molecular formula is C30H43N3O2. The van der Waals surface area contributed by atoms with E-state index in [9.17, 15) is 0 Å². The minimum Gasteiger partial charge on any atom is -0.493 e. The Hall–Kier alpha value is -2.11. The van der Waals surface area contributed by atoms with Crippen molar-refractivity contribution in [2.75, 3.05) is 32.1 Å². The van der Waals surface area contributed by atoms with Crippen molar-refractivity contribution in [3.05, 3.63) is 52.7 Å². The number of fused-ring (bicyclic) bond motifs is 2. The highest BCUT2D eigenvalue weighted by Gasteiger charge is 2.42. The first-order valence-corrected chi connectivity index (χ1v) is 13.8. The summed E-state index contributed by atoms with van der Waals surface area (Å²) in [5.74, 6) is 2.20. The number of benzene rings is 1. The molecule has 5 heteroatoms. The van der Waals surface area contributed by atoms with Gasteiger partial charge in [0.05, 0.1) is 12.7 Å². The van der Waals surface area contributed by atoms with Crippen LogP contribution in [0.25, 0.3) is 0 Å². The van der Waals surface area contributed by atoms with Crippen molar-refractivity contribution in [1.29, 1.82) is 0 Å². The summed E-state index contributed by atoms with van der Waals surface area (Å²) >= 11 is 0. The van der Waals surface area contributed by atoms with Gasteiger partial charge in [-0.15, -0.1) is 0 Å². The predicted molar refractivity (Wildman–Crippen MR) is 142 cm³/mol. The highest BCUT2D eigenvalue weighted by atomic mass is 16.5. The van der Waals surface area contributed by atoms with Crippen LogP contribution in [0.2, 0.25) is 0 Å². The van der Waals surface area contributed by atoms with Gasteiger partial charge in [0.25, 0.3) is 0 Å². The van der Waals surface area contributed by atoms with E-state index in [1.165, 1.54) is 35.2 Å². The molecule has 1 fully saturated rings. The van der Waals surface area contributed by atoms with Crippen LogP contribution in [-0.4, -0.2) is 48.8 Å². The van der Waals surface area contributed by atoms with Crippen LogP contribution in [0.15, 0.2) is 30.3 Å². The van der Waals surface area contributed by atoms with Crippen LogP contribution in [-0.2, 0) is 30.5 Å². The van der Waals surface area contributed by atoms with Crippen LogP contribution < -0.4 is 10.1 Å². The van der Waals surface area contributed by atoms with E-state index >= 15 is 0 Å². The maximum absolute atomic E-state index is 6.49. The summed E-state index contributed by atoms with van der Waals surface area (Å²) in [6.45, 7) is 8.50. The molecule has 0 radical (unpaired) electrons. The molecule has 2 aromatic rings. The summed E-state index contributed by atoms with van der Waals surface area (Å²) in [6, 6.07) is 11.6. The van der Waals surface area contributed by atoms with Crippen molar-refractivity contribution in [3.8, 4) is 5.75 Å². The molecule has 1 aromatic carbocycles. The van der Waals surface area contributed by atoms with E-state index in [0.29, 0.717) is 12.1 Å². The maximum Gasteiger partial charge on any atom is 0.129 e. The van der Waals surface area contributed by atoms with Crippen molar-refractivity contribution in [2.45, 2.75) is 90.3 Å². The molecule has 3 aliphatic rings. The standard InChI is InChI=1S/C30H43N3O2/c1-30(2)20-25(33(3)21-23-9-6-13-27-26(23)12-8-18-34-27)19-28(30)35-17-5-4-11-24-15-14-22-10-7-16-31-29(22)32-24/h6,9,13-15,25,28H,4-5,7-8,10-12,16-21H2,1-3H3,(H,31,32)/t25-,28-/m1/s1. The fourth-order valence-electron chi connectivity index (χ4n) is 6.17. The lowest BCUT2D eigenvalue weighted by Crippen LogP contribution is -2.30. The maximum atomic E-state index is 6.49. The van der Waals surface area contributed by atoms with Crippen LogP contribution in [0.5, 0.6) is 5.75 Å². The van der Waals surface area contributed by atoms with Gasteiger partial charge in [-0.05, 0) is 99.1 Å². The molecule has 1 N–H and O–H groups in total. The lowest BCUT2D eigenvalue weighted by molar-refractivity contribution is -0.00771. The minimum absolute atomic E-state index is 0.212. The number of pyridine rings is 1. The van der Waals surface area contributed by atoms with Gasteiger partial charge in [-0.25, -0.2) is 4.98 Å². The van der Waals surface area contributed by atoms with Gasteiger partial charge in [-0.3, -0.25) is 4.90 Å². The van der Waals surface area contributed by atoms with E-state index in [-0.39, 0.29) is 5.41 Å². The summed E-state index contributed by atoms with van der Waals surface area (Å²) in [5, 5.41) is 3.45. The fraction of sp³-hybridized carbons (Fsp3) is 0.633. The number of anilines is 1. The van der Waals surface area contributed by atoms with Gasteiger partial charge < -0.3 is 14.8 Å². The SMILES string of the molecule is CN(Cc1cccc2c1CCCO2)[C@@H]1C[C@@H](OCCCCc2ccc3c(n2)NCCC3)C(C)(C)C1. The van der Waals surface area contributed by atoms with Crippen molar-refractivity contribution >= 4 is 5.82 Å².